The van der Waals surface area contributed by atoms with Crippen LogP contribution >= 0.6 is 0 Å². The summed E-state index contributed by atoms with van der Waals surface area (Å²) in [4.78, 5) is 3.19. The summed E-state index contributed by atoms with van der Waals surface area (Å²) in [5.74, 6) is 0.706. The summed E-state index contributed by atoms with van der Waals surface area (Å²) in [5, 5.41) is 10.4. The minimum atomic E-state index is 0.00543. The summed E-state index contributed by atoms with van der Waals surface area (Å²) in [5.41, 5.74) is 1.87. The van der Waals surface area contributed by atoms with Gasteiger partial charge in [0.2, 0.25) is 0 Å². The molecule has 3 heteroatoms. The number of rotatable bonds is 5. The standard InChI is InChI=1S/C13H17NO2/c1-2-3-8-16-13-11(9-15)10-6-4-5-7-12(10)14-13/h4-7,14-15H,2-3,8-9H2,1H3. The number of H-pyrrole nitrogens is 1. The summed E-state index contributed by atoms with van der Waals surface area (Å²) in [6, 6.07) is 7.91. The highest BCUT2D eigenvalue weighted by Gasteiger charge is 2.10. The van der Waals surface area contributed by atoms with Crippen molar-refractivity contribution in [1.29, 1.82) is 0 Å². The van der Waals surface area contributed by atoms with Gasteiger partial charge in [0.25, 0.3) is 0 Å². The third-order valence-electron chi connectivity index (χ3n) is 2.68. The number of fused-ring (bicyclic) bond motifs is 1. The number of benzene rings is 1. The van der Waals surface area contributed by atoms with Crippen molar-refractivity contribution in [2.45, 2.75) is 26.4 Å². The lowest BCUT2D eigenvalue weighted by Crippen LogP contribution is -1.99. The third kappa shape index (κ3) is 2.04. The number of para-hydroxylation sites is 1. The monoisotopic (exact) mass is 219 g/mol. The minimum Gasteiger partial charge on any atom is -0.479 e. The molecule has 0 saturated carbocycles. The molecule has 0 radical (unpaired) electrons. The van der Waals surface area contributed by atoms with Crippen LogP contribution in [0.1, 0.15) is 25.3 Å². The number of unbranched alkanes of at least 4 members (excludes halogenated alkanes) is 1. The highest BCUT2D eigenvalue weighted by molar-refractivity contribution is 5.85. The fraction of sp³-hybridized carbons (Fsp3) is 0.385. The molecule has 0 aliphatic carbocycles. The van der Waals surface area contributed by atoms with E-state index in [0.717, 1.165) is 29.3 Å². The highest BCUT2D eigenvalue weighted by Crippen LogP contribution is 2.27. The van der Waals surface area contributed by atoms with Gasteiger partial charge in [-0.1, -0.05) is 31.5 Å². The Hall–Kier alpha value is -1.48. The van der Waals surface area contributed by atoms with Gasteiger partial charge in [-0.3, -0.25) is 0 Å². The van der Waals surface area contributed by atoms with Gasteiger partial charge in [-0.25, -0.2) is 0 Å². The molecule has 0 aliphatic rings. The van der Waals surface area contributed by atoms with Crippen LogP contribution in [0.2, 0.25) is 0 Å². The van der Waals surface area contributed by atoms with E-state index in [2.05, 4.69) is 11.9 Å². The molecule has 2 N–H and O–H groups in total. The summed E-state index contributed by atoms with van der Waals surface area (Å²) in [6.07, 6.45) is 2.13. The smallest absolute Gasteiger partial charge is 0.197 e. The minimum absolute atomic E-state index is 0.00543. The Morgan fingerprint density at radius 1 is 1.31 bits per heavy atom. The summed E-state index contributed by atoms with van der Waals surface area (Å²) in [6.45, 7) is 2.82. The van der Waals surface area contributed by atoms with Gasteiger partial charge in [0.1, 0.15) is 0 Å². The summed E-state index contributed by atoms with van der Waals surface area (Å²) >= 11 is 0. The van der Waals surface area contributed by atoms with Gasteiger partial charge >= 0.3 is 0 Å². The molecule has 0 bridgehead atoms. The first-order chi connectivity index (χ1) is 7.86. The Labute approximate surface area is 95.1 Å². The molecule has 0 atom stereocenters. The Bertz CT molecular complexity index is 462. The van der Waals surface area contributed by atoms with Gasteiger partial charge in [-0.05, 0) is 12.5 Å². The topological polar surface area (TPSA) is 45.2 Å². The number of aromatic amines is 1. The molecule has 86 valence electrons. The quantitative estimate of drug-likeness (QED) is 0.759. The van der Waals surface area contributed by atoms with E-state index in [1.807, 2.05) is 24.3 Å². The fourth-order valence-corrected chi connectivity index (χ4v) is 1.77. The molecular formula is C13H17NO2. The van der Waals surface area contributed by atoms with E-state index in [0.29, 0.717) is 12.5 Å². The van der Waals surface area contributed by atoms with E-state index in [4.69, 9.17) is 4.74 Å². The molecule has 0 amide bonds. The molecule has 2 aromatic rings. The number of aliphatic hydroxyl groups is 1. The largest absolute Gasteiger partial charge is 0.479 e. The van der Waals surface area contributed by atoms with Crippen molar-refractivity contribution in [3.8, 4) is 5.88 Å². The van der Waals surface area contributed by atoms with E-state index in [1.165, 1.54) is 0 Å². The molecule has 1 aromatic carbocycles. The van der Waals surface area contributed by atoms with E-state index < -0.39 is 0 Å². The van der Waals surface area contributed by atoms with Crippen molar-refractivity contribution >= 4 is 10.9 Å². The Kier molecular flexibility index (Phi) is 3.47. The molecule has 16 heavy (non-hydrogen) atoms. The number of nitrogens with one attached hydrogen (secondary N) is 1. The summed E-state index contributed by atoms with van der Waals surface area (Å²) in [7, 11) is 0. The number of hydrogen-bond donors (Lipinski definition) is 2. The molecule has 0 aliphatic heterocycles. The number of hydrogen-bond acceptors (Lipinski definition) is 2. The van der Waals surface area contributed by atoms with Crippen LogP contribution < -0.4 is 4.74 Å². The van der Waals surface area contributed by atoms with Crippen molar-refractivity contribution in [3.63, 3.8) is 0 Å². The second-order valence-electron chi connectivity index (χ2n) is 3.84. The molecule has 0 unspecified atom stereocenters. The van der Waals surface area contributed by atoms with E-state index in [9.17, 15) is 5.11 Å². The van der Waals surface area contributed by atoms with Crippen molar-refractivity contribution in [1.82, 2.24) is 4.98 Å². The highest BCUT2D eigenvalue weighted by atomic mass is 16.5. The zero-order valence-electron chi connectivity index (χ0n) is 9.49. The van der Waals surface area contributed by atoms with Crippen molar-refractivity contribution < 1.29 is 9.84 Å². The third-order valence-corrected chi connectivity index (χ3v) is 2.68. The molecule has 0 fully saturated rings. The Morgan fingerprint density at radius 3 is 2.88 bits per heavy atom. The predicted octanol–water partition coefficient (Wildman–Crippen LogP) is 2.84. The van der Waals surface area contributed by atoms with Crippen LogP contribution in [0.25, 0.3) is 10.9 Å². The zero-order valence-corrected chi connectivity index (χ0v) is 9.49. The first-order valence-electron chi connectivity index (χ1n) is 5.70. The van der Waals surface area contributed by atoms with Crippen LogP contribution in [0.3, 0.4) is 0 Å². The molecule has 1 heterocycles. The number of aromatic nitrogens is 1. The van der Waals surface area contributed by atoms with Crippen molar-refractivity contribution in [2.24, 2.45) is 0 Å². The fourth-order valence-electron chi connectivity index (χ4n) is 1.77. The van der Waals surface area contributed by atoms with Gasteiger partial charge in [-0.2, -0.15) is 0 Å². The van der Waals surface area contributed by atoms with E-state index >= 15 is 0 Å². The van der Waals surface area contributed by atoms with Gasteiger partial charge < -0.3 is 14.8 Å². The van der Waals surface area contributed by atoms with Crippen molar-refractivity contribution in [3.05, 3.63) is 29.8 Å². The maximum atomic E-state index is 9.36. The number of aliphatic hydroxyl groups excluding tert-OH is 1. The second kappa shape index (κ2) is 5.03. The van der Waals surface area contributed by atoms with Crippen LogP contribution in [-0.4, -0.2) is 16.7 Å². The average molecular weight is 219 g/mol. The molecule has 1 aromatic heterocycles. The van der Waals surface area contributed by atoms with Crippen LogP contribution in [0, 0.1) is 0 Å². The van der Waals surface area contributed by atoms with E-state index in [1.54, 1.807) is 0 Å². The molecular weight excluding hydrogens is 202 g/mol. The normalized spacial score (nSPS) is 10.9. The molecule has 2 rings (SSSR count). The lowest BCUT2D eigenvalue weighted by molar-refractivity contribution is 0.259. The maximum Gasteiger partial charge on any atom is 0.197 e. The Balaban J connectivity index is 2.29. The lowest BCUT2D eigenvalue weighted by atomic mass is 10.2. The second-order valence-corrected chi connectivity index (χ2v) is 3.84. The first-order valence-corrected chi connectivity index (χ1v) is 5.70. The molecule has 0 saturated heterocycles. The van der Waals surface area contributed by atoms with Crippen LogP contribution in [0.15, 0.2) is 24.3 Å². The average Bonchev–Trinajstić information content (AvgIpc) is 2.67. The number of ether oxygens (including phenoxy) is 1. The van der Waals surface area contributed by atoms with Crippen LogP contribution in [0.5, 0.6) is 5.88 Å². The van der Waals surface area contributed by atoms with Gasteiger partial charge in [0.05, 0.1) is 13.2 Å². The van der Waals surface area contributed by atoms with Crippen LogP contribution in [0.4, 0.5) is 0 Å². The lowest BCUT2D eigenvalue weighted by Gasteiger charge is -2.04. The SMILES string of the molecule is CCCCOc1[nH]c2ccccc2c1CO. The van der Waals surface area contributed by atoms with Gasteiger partial charge in [0, 0.05) is 16.5 Å². The van der Waals surface area contributed by atoms with Crippen molar-refractivity contribution in [2.75, 3.05) is 6.61 Å². The van der Waals surface area contributed by atoms with Crippen LogP contribution in [-0.2, 0) is 6.61 Å². The summed E-state index contributed by atoms with van der Waals surface area (Å²) < 4.78 is 5.64. The van der Waals surface area contributed by atoms with E-state index in [-0.39, 0.29) is 6.61 Å². The first kappa shape index (κ1) is 11.0. The van der Waals surface area contributed by atoms with Gasteiger partial charge in [0.15, 0.2) is 5.88 Å². The Morgan fingerprint density at radius 2 is 2.12 bits per heavy atom. The zero-order chi connectivity index (χ0) is 11.4. The maximum absolute atomic E-state index is 9.36. The molecule has 3 nitrogen and oxygen atoms in total. The predicted molar refractivity (Wildman–Crippen MR) is 64.6 cm³/mol. The molecule has 0 spiro atoms. The van der Waals surface area contributed by atoms with Gasteiger partial charge in [-0.15, -0.1) is 0 Å².